The van der Waals surface area contributed by atoms with Crippen LogP contribution in [-0.4, -0.2) is 42.8 Å². The molecule has 2 aromatic rings. The summed E-state index contributed by atoms with van der Waals surface area (Å²) in [4.78, 5) is 25.5. The molecule has 3 rings (SSSR count). The Morgan fingerprint density at radius 1 is 1.03 bits per heavy atom. The summed E-state index contributed by atoms with van der Waals surface area (Å²) in [5.41, 5.74) is 3.18. The van der Waals surface area contributed by atoms with Crippen LogP contribution in [0.25, 0.3) is 11.1 Å². The first-order chi connectivity index (χ1) is 14.7. The zero-order valence-electron chi connectivity index (χ0n) is 17.2. The molecule has 1 aliphatic rings. The van der Waals surface area contributed by atoms with Crippen molar-refractivity contribution in [2.75, 3.05) is 19.7 Å². The van der Waals surface area contributed by atoms with Crippen LogP contribution < -0.4 is 5.32 Å². The van der Waals surface area contributed by atoms with Crippen molar-refractivity contribution in [3.63, 3.8) is 0 Å². The number of ether oxygens (including phenoxy) is 1. The number of hydrogen-bond donors (Lipinski definition) is 1. The summed E-state index contributed by atoms with van der Waals surface area (Å²) >= 11 is 0. The molecular formula is C23H25F3N2O3. The lowest BCUT2D eigenvalue weighted by atomic mass is 9.95. The minimum Gasteiger partial charge on any atom is -0.440 e. The number of benzene rings is 2. The van der Waals surface area contributed by atoms with E-state index in [9.17, 15) is 22.8 Å². The van der Waals surface area contributed by atoms with Crippen LogP contribution in [0.1, 0.15) is 31.4 Å². The summed E-state index contributed by atoms with van der Waals surface area (Å²) in [6.07, 6.45) is -4.79. The third kappa shape index (κ3) is 6.47. The quantitative estimate of drug-likeness (QED) is 0.725. The highest BCUT2D eigenvalue weighted by molar-refractivity contribution is 5.79. The second kappa shape index (κ2) is 9.85. The average molecular weight is 434 g/mol. The van der Waals surface area contributed by atoms with Crippen LogP contribution in [0.5, 0.6) is 0 Å². The van der Waals surface area contributed by atoms with E-state index in [1.54, 1.807) is 0 Å². The number of carbonyl (C=O) groups excluding carboxylic acids is 2. The van der Waals surface area contributed by atoms with Crippen molar-refractivity contribution >= 4 is 12.0 Å². The number of nitrogens with zero attached hydrogens (tertiary/aromatic N) is 1. The molecule has 31 heavy (non-hydrogen) atoms. The van der Waals surface area contributed by atoms with Gasteiger partial charge in [-0.25, -0.2) is 4.79 Å². The molecule has 1 atom stereocenters. The van der Waals surface area contributed by atoms with E-state index in [0.717, 1.165) is 16.7 Å². The fourth-order valence-electron chi connectivity index (χ4n) is 3.57. The normalized spacial score (nSPS) is 15.9. The highest BCUT2D eigenvalue weighted by Gasteiger charge is 2.33. The van der Waals surface area contributed by atoms with Gasteiger partial charge in [0.05, 0.1) is 6.04 Å². The zero-order chi connectivity index (χ0) is 22.4. The molecule has 0 spiro atoms. The third-order valence-corrected chi connectivity index (χ3v) is 5.36. The van der Waals surface area contributed by atoms with Gasteiger partial charge in [0.25, 0.3) is 0 Å². The molecule has 2 aromatic carbocycles. The SMILES string of the molecule is CC(NC(=O)C1CCN(C(=O)OCC(F)(F)F)CC1)c1ccc(-c2ccccc2)cc1. The van der Waals surface area contributed by atoms with Gasteiger partial charge in [-0.15, -0.1) is 0 Å². The van der Waals surface area contributed by atoms with Crippen LogP contribution in [0.15, 0.2) is 54.6 Å². The van der Waals surface area contributed by atoms with Gasteiger partial charge in [0.15, 0.2) is 6.61 Å². The Hall–Kier alpha value is -3.03. The third-order valence-electron chi connectivity index (χ3n) is 5.36. The first-order valence-electron chi connectivity index (χ1n) is 10.2. The molecule has 1 saturated heterocycles. The molecule has 5 nitrogen and oxygen atoms in total. The smallest absolute Gasteiger partial charge is 0.422 e. The van der Waals surface area contributed by atoms with Crippen molar-refractivity contribution in [2.45, 2.75) is 32.0 Å². The van der Waals surface area contributed by atoms with Gasteiger partial charge in [-0.1, -0.05) is 54.6 Å². The number of piperidine rings is 1. The van der Waals surface area contributed by atoms with Crippen LogP contribution >= 0.6 is 0 Å². The molecule has 166 valence electrons. The Balaban J connectivity index is 1.48. The lowest BCUT2D eigenvalue weighted by Gasteiger charge is -2.31. The molecule has 1 N–H and O–H groups in total. The van der Waals surface area contributed by atoms with Crippen LogP contribution in [0.2, 0.25) is 0 Å². The highest BCUT2D eigenvalue weighted by atomic mass is 19.4. The summed E-state index contributed by atoms with van der Waals surface area (Å²) in [5.74, 6) is -0.416. The van der Waals surface area contributed by atoms with E-state index in [2.05, 4.69) is 10.1 Å². The van der Waals surface area contributed by atoms with E-state index < -0.39 is 18.9 Å². The van der Waals surface area contributed by atoms with Crippen LogP contribution in [0.3, 0.4) is 0 Å². The van der Waals surface area contributed by atoms with Gasteiger partial charge >= 0.3 is 12.3 Å². The topological polar surface area (TPSA) is 58.6 Å². The van der Waals surface area contributed by atoms with Crippen molar-refractivity contribution in [3.05, 3.63) is 60.2 Å². The first kappa shape index (κ1) is 22.7. The number of likely N-dealkylation sites (tertiary alicyclic amines) is 1. The van der Waals surface area contributed by atoms with Gasteiger partial charge in [-0.3, -0.25) is 4.79 Å². The predicted molar refractivity (Wildman–Crippen MR) is 110 cm³/mol. The summed E-state index contributed by atoms with van der Waals surface area (Å²) in [7, 11) is 0. The summed E-state index contributed by atoms with van der Waals surface area (Å²) < 4.78 is 40.8. The maximum atomic E-state index is 12.6. The van der Waals surface area contributed by atoms with Gasteiger partial charge in [0.2, 0.25) is 5.91 Å². The molecule has 0 aliphatic carbocycles. The van der Waals surface area contributed by atoms with Gasteiger partial charge < -0.3 is 15.0 Å². The number of carbonyl (C=O) groups is 2. The maximum absolute atomic E-state index is 12.6. The first-order valence-corrected chi connectivity index (χ1v) is 10.2. The Kier molecular flexibility index (Phi) is 7.20. The zero-order valence-corrected chi connectivity index (χ0v) is 17.2. The van der Waals surface area contributed by atoms with E-state index in [4.69, 9.17) is 0 Å². The number of amides is 2. The second-order valence-corrected chi connectivity index (χ2v) is 7.65. The van der Waals surface area contributed by atoms with Gasteiger partial charge in [0, 0.05) is 19.0 Å². The summed E-state index contributed by atoms with van der Waals surface area (Å²) in [6.45, 7) is 0.676. The number of hydrogen-bond acceptors (Lipinski definition) is 3. The van der Waals surface area contributed by atoms with Crippen LogP contribution in [0, 0.1) is 5.92 Å². The molecule has 2 amide bonds. The number of nitrogens with one attached hydrogen (secondary N) is 1. The molecule has 1 aliphatic heterocycles. The molecule has 0 aromatic heterocycles. The molecule has 1 fully saturated rings. The molecular weight excluding hydrogens is 409 g/mol. The van der Waals surface area contributed by atoms with Crippen LogP contribution in [-0.2, 0) is 9.53 Å². The van der Waals surface area contributed by atoms with Crippen LogP contribution in [0.4, 0.5) is 18.0 Å². The van der Waals surface area contributed by atoms with Crippen molar-refractivity contribution in [1.82, 2.24) is 10.2 Å². The average Bonchev–Trinajstić information content (AvgIpc) is 2.77. The van der Waals surface area contributed by atoms with Gasteiger partial charge in [-0.05, 0) is 36.5 Å². The second-order valence-electron chi connectivity index (χ2n) is 7.65. The van der Waals surface area contributed by atoms with E-state index in [1.165, 1.54) is 4.90 Å². The van der Waals surface area contributed by atoms with Crippen molar-refractivity contribution in [2.24, 2.45) is 5.92 Å². The number of halogens is 3. The van der Waals surface area contributed by atoms with Crippen molar-refractivity contribution in [3.8, 4) is 11.1 Å². The Morgan fingerprint density at radius 3 is 2.19 bits per heavy atom. The fraction of sp³-hybridized carbons (Fsp3) is 0.391. The maximum Gasteiger partial charge on any atom is 0.422 e. The standard InChI is InChI=1S/C23H25F3N2O3/c1-16(17-7-9-19(10-8-17)18-5-3-2-4-6-18)27-21(29)20-11-13-28(14-12-20)22(30)31-15-23(24,25)26/h2-10,16,20H,11-15H2,1H3,(H,27,29). The minimum atomic E-state index is -4.55. The van der Waals surface area contributed by atoms with E-state index in [1.807, 2.05) is 61.5 Å². The van der Waals surface area contributed by atoms with E-state index in [0.29, 0.717) is 12.8 Å². The lowest BCUT2D eigenvalue weighted by molar-refractivity contribution is -0.162. The Labute approximate surface area is 179 Å². The predicted octanol–water partition coefficient (Wildman–Crippen LogP) is 4.94. The van der Waals surface area contributed by atoms with Crippen molar-refractivity contribution < 1.29 is 27.5 Å². The molecule has 8 heteroatoms. The number of rotatable bonds is 5. The Morgan fingerprint density at radius 2 is 1.61 bits per heavy atom. The molecule has 1 unspecified atom stereocenters. The van der Waals surface area contributed by atoms with Gasteiger partial charge in [0.1, 0.15) is 0 Å². The largest absolute Gasteiger partial charge is 0.440 e. The van der Waals surface area contributed by atoms with E-state index in [-0.39, 0.29) is 31.0 Å². The molecule has 0 bridgehead atoms. The molecule has 0 radical (unpaired) electrons. The van der Waals surface area contributed by atoms with Gasteiger partial charge in [-0.2, -0.15) is 13.2 Å². The lowest BCUT2D eigenvalue weighted by Crippen LogP contribution is -2.44. The van der Waals surface area contributed by atoms with E-state index >= 15 is 0 Å². The molecule has 0 saturated carbocycles. The minimum absolute atomic E-state index is 0.122. The number of alkyl halides is 3. The highest BCUT2D eigenvalue weighted by Crippen LogP contribution is 2.24. The molecule has 1 heterocycles. The van der Waals surface area contributed by atoms with Crippen molar-refractivity contribution in [1.29, 1.82) is 0 Å². The monoisotopic (exact) mass is 434 g/mol. The Bertz CT molecular complexity index is 877. The summed E-state index contributed by atoms with van der Waals surface area (Å²) in [5, 5.41) is 2.99. The summed E-state index contributed by atoms with van der Waals surface area (Å²) in [6, 6.07) is 17.8. The fourth-order valence-corrected chi connectivity index (χ4v) is 3.57.